The Morgan fingerprint density at radius 3 is 2.85 bits per heavy atom. The number of anilines is 1. The van der Waals surface area contributed by atoms with Crippen molar-refractivity contribution < 1.29 is 0 Å². The zero-order valence-electron chi connectivity index (χ0n) is 8.26. The van der Waals surface area contributed by atoms with Gasteiger partial charge < -0.3 is 5.32 Å². The molecule has 0 aromatic carbocycles. The van der Waals surface area contributed by atoms with Gasteiger partial charge in [0.1, 0.15) is 5.82 Å². The molecule has 0 aliphatic heterocycles. The Morgan fingerprint density at radius 2 is 2.23 bits per heavy atom. The van der Waals surface area contributed by atoms with Crippen molar-refractivity contribution in [2.75, 3.05) is 11.9 Å². The number of aryl methyl sites for hydroxylation is 1. The van der Waals surface area contributed by atoms with Crippen LogP contribution in [0.5, 0.6) is 0 Å². The average molecular weight is 243 g/mol. The quantitative estimate of drug-likeness (QED) is 0.881. The van der Waals surface area contributed by atoms with Gasteiger partial charge in [-0.05, 0) is 40.4 Å². The van der Waals surface area contributed by atoms with Gasteiger partial charge in [-0.3, -0.25) is 0 Å². The third-order valence-electron chi connectivity index (χ3n) is 1.76. The van der Waals surface area contributed by atoms with Crippen LogP contribution in [0.3, 0.4) is 0 Å². The molecule has 0 bridgehead atoms. The van der Waals surface area contributed by atoms with Crippen LogP contribution in [0.4, 0.5) is 5.82 Å². The maximum atomic E-state index is 4.25. The maximum Gasteiger partial charge on any atom is 0.140 e. The molecule has 0 saturated carbocycles. The molecule has 0 fully saturated rings. The molecular formula is C10H15BrN2. The van der Waals surface area contributed by atoms with Gasteiger partial charge in [0.2, 0.25) is 0 Å². The number of rotatable bonds is 3. The van der Waals surface area contributed by atoms with E-state index in [4.69, 9.17) is 0 Å². The molecule has 0 aliphatic carbocycles. The second-order valence-electron chi connectivity index (χ2n) is 3.57. The SMILES string of the molecule is Cc1ccnc(NCC(C)C)c1Br. The Kier molecular flexibility index (Phi) is 3.72. The molecule has 72 valence electrons. The van der Waals surface area contributed by atoms with Gasteiger partial charge in [0, 0.05) is 12.7 Å². The van der Waals surface area contributed by atoms with Crippen molar-refractivity contribution in [3.05, 3.63) is 22.3 Å². The van der Waals surface area contributed by atoms with E-state index in [-0.39, 0.29) is 0 Å². The van der Waals surface area contributed by atoms with Crippen molar-refractivity contribution >= 4 is 21.7 Å². The molecule has 0 aliphatic rings. The number of halogens is 1. The van der Waals surface area contributed by atoms with Crippen LogP contribution < -0.4 is 5.32 Å². The predicted molar refractivity (Wildman–Crippen MR) is 60.0 cm³/mol. The van der Waals surface area contributed by atoms with Gasteiger partial charge in [0.15, 0.2) is 0 Å². The Labute approximate surface area is 87.9 Å². The molecule has 2 nitrogen and oxygen atoms in total. The lowest BCUT2D eigenvalue weighted by molar-refractivity contribution is 0.686. The summed E-state index contributed by atoms with van der Waals surface area (Å²) in [6.45, 7) is 7.37. The summed E-state index contributed by atoms with van der Waals surface area (Å²) in [6, 6.07) is 1.99. The molecule has 0 saturated heterocycles. The first-order chi connectivity index (χ1) is 6.11. The van der Waals surface area contributed by atoms with Gasteiger partial charge in [-0.1, -0.05) is 13.8 Å². The van der Waals surface area contributed by atoms with Gasteiger partial charge in [-0.2, -0.15) is 0 Å². The fourth-order valence-electron chi connectivity index (χ4n) is 0.964. The van der Waals surface area contributed by atoms with Crippen molar-refractivity contribution in [1.82, 2.24) is 4.98 Å². The van der Waals surface area contributed by atoms with Gasteiger partial charge in [0.05, 0.1) is 4.47 Å². The monoisotopic (exact) mass is 242 g/mol. The van der Waals surface area contributed by atoms with E-state index >= 15 is 0 Å². The molecule has 0 unspecified atom stereocenters. The molecule has 0 amide bonds. The highest BCUT2D eigenvalue weighted by Gasteiger charge is 2.03. The molecule has 1 heterocycles. The van der Waals surface area contributed by atoms with Crippen LogP contribution in [0.2, 0.25) is 0 Å². The molecule has 1 aromatic rings. The largest absolute Gasteiger partial charge is 0.369 e. The van der Waals surface area contributed by atoms with E-state index < -0.39 is 0 Å². The Balaban J connectivity index is 2.71. The minimum atomic E-state index is 0.634. The van der Waals surface area contributed by atoms with E-state index in [0.717, 1.165) is 16.8 Å². The van der Waals surface area contributed by atoms with E-state index in [1.807, 2.05) is 12.3 Å². The van der Waals surface area contributed by atoms with Crippen LogP contribution in [0.15, 0.2) is 16.7 Å². The number of hydrogen-bond donors (Lipinski definition) is 1. The average Bonchev–Trinajstić information content (AvgIpc) is 2.07. The lowest BCUT2D eigenvalue weighted by Gasteiger charge is -2.10. The second-order valence-corrected chi connectivity index (χ2v) is 4.36. The summed E-state index contributed by atoms with van der Waals surface area (Å²) in [6.07, 6.45) is 1.82. The highest BCUT2D eigenvalue weighted by atomic mass is 79.9. The normalized spacial score (nSPS) is 10.5. The summed E-state index contributed by atoms with van der Waals surface area (Å²) in [5.41, 5.74) is 1.21. The molecule has 0 spiro atoms. The highest BCUT2D eigenvalue weighted by Crippen LogP contribution is 2.23. The standard InChI is InChI=1S/C10H15BrN2/c1-7(2)6-13-10-9(11)8(3)4-5-12-10/h4-5,7H,6H2,1-3H3,(H,12,13). The summed E-state index contributed by atoms with van der Waals surface area (Å²) in [5.74, 6) is 1.57. The summed E-state index contributed by atoms with van der Waals surface area (Å²) in [5, 5.41) is 3.30. The van der Waals surface area contributed by atoms with E-state index in [0.29, 0.717) is 5.92 Å². The molecule has 1 N–H and O–H groups in total. The number of nitrogens with zero attached hydrogens (tertiary/aromatic N) is 1. The van der Waals surface area contributed by atoms with Crippen LogP contribution in [-0.4, -0.2) is 11.5 Å². The van der Waals surface area contributed by atoms with E-state index in [2.05, 4.69) is 47.0 Å². The topological polar surface area (TPSA) is 24.9 Å². The summed E-state index contributed by atoms with van der Waals surface area (Å²) >= 11 is 3.51. The van der Waals surface area contributed by atoms with Crippen molar-refractivity contribution in [3.63, 3.8) is 0 Å². The fraction of sp³-hybridized carbons (Fsp3) is 0.500. The van der Waals surface area contributed by atoms with Crippen LogP contribution in [0.25, 0.3) is 0 Å². The highest BCUT2D eigenvalue weighted by molar-refractivity contribution is 9.10. The third-order valence-corrected chi connectivity index (χ3v) is 2.76. The number of aromatic nitrogens is 1. The third kappa shape index (κ3) is 2.99. The Hall–Kier alpha value is -0.570. The van der Waals surface area contributed by atoms with Crippen LogP contribution in [-0.2, 0) is 0 Å². The second kappa shape index (κ2) is 4.61. The zero-order chi connectivity index (χ0) is 9.84. The number of nitrogens with one attached hydrogen (secondary N) is 1. The van der Waals surface area contributed by atoms with Crippen molar-refractivity contribution in [2.24, 2.45) is 5.92 Å². The smallest absolute Gasteiger partial charge is 0.140 e. The minimum Gasteiger partial charge on any atom is -0.369 e. The predicted octanol–water partition coefficient (Wildman–Crippen LogP) is 3.22. The zero-order valence-corrected chi connectivity index (χ0v) is 9.85. The molecule has 13 heavy (non-hydrogen) atoms. The maximum absolute atomic E-state index is 4.25. The van der Waals surface area contributed by atoms with E-state index in [1.54, 1.807) is 0 Å². The van der Waals surface area contributed by atoms with Gasteiger partial charge in [-0.15, -0.1) is 0 Å². The Morgan fingerprint density at radius 1 is 1.54 bits per heavy atom. The number of pyridine rings is 1. The van der Waals surface area contributed by atoms with Crippen molar-refractivity contribution in [3.8, 4) is 0 Å². The molecule has 3 heteroatoms. The minimum absolute atomic E-state index is 0.634. The van der Waals surface area contributed by atoms with Gasteiger partial charge >= 0.3 is 0 Å². The molecular weight excluding hydrogens is 228 g/mol. The van der Waals surface area contributed by atoms with E-state index in [1.165, 1.54) is 5.56 Å². The molecule has 1 rings (SSSR count). The summed E-state index contributed by atoms with van der Waals surface area (Å²) in [7, 11) is 0. The number of hydrogen-bond acceptors (Lipinski definition) is 2. The summed E-state index contributed by atoms with van der Waals surface area (Å²) in [4.78, 5) is 4.25. The summed E-state index contributed by atoms with van der Waals surface area (Å²) < 4.78 is 1.07. The van der Waals surface area contributed by atoms with Crippen LogP contribution >= 0.6 is 15.9 Å². The van der Waals surface area contributed by atoms with Crippen molar-refractivity contribution in [2.45, 2.75) is 20.8 Å². The van der Waals surface area contributed by atoms with Gasteiger partial charge in [0.25, 0.3) is 0 Å². The molecule has 0 radical (unpaired) electrons. The molecule has 1 aromatic heterocycles. The van der Waals surface area contributed by atoms with Crippen molar-refractivity contribution in [1.29, 1.82) is 0 Å². The Bertz CT molecular complexity index is 284. The lowest BCUT2D eigenvalue weighted by atomic mass is 10.2. The first-order valence-electron chi connectivity index (χ1n) is 4.46. The van der Waals surface area contributed by atoms with E-state index in [9.17, 15) is 0 Å². The fourth-order valence-corrected chi connectivity index (χ4v) is 1.34. The first kappa shape index (κ1) is 10.5. The molecule has 0 atom stereocenters. The lowest BCUT2D eigenvalue weighted by Crippen LogP contribution is -2.09. The van der Waals surface area contributed by atoms with Gasteiger partial charge in [-0.25, -0.2) is 4.98 Å². The first-order valence-corrected chi connectivity index (χ1v) is 5.25. The van der Waals surface area contributed by atoms with Crippen LogP contribution in [0, 0.1) is 12.8 Å². The van der Waals surface area contributed by atoms with Crippen LogP contribution in [0.1, 0.15) is 19.4 Å².